The van der Waals surface area contributed by atoms with Gasteiger partial charge in [0.05, 0.1) is 28.3 Å². The highest BCUT2D eigenvalue weighted by molar-refractivity contribution is 6.21. The van der Waals surface area contributed by atoms with Crippen LogP contribution in [0.25, 0.3) is 105 Å². The molecule has 0 N–H and O–H groups in total. The summed E-state index contributed by atoms with van der Waals surface area (Å²) in [5.74, 6) is 0. The number of hydrogen-bond acceptors (Lipinski definition) is 3. The van der Waals surface area contributed by atoms with Gasteiger partial charge in [-0.1, -0.05) is 127 Å². The molecule has 0 fully saturated rings. The fourth-order valence-electron chi connectivity index (χ4n) is 8.35. The highest BCUT2D eigenvalue weighted by Crippen LogP contribution is 2.44. The molecule has 0 aliphatic rings. The highest BCUT2D eigenvalue weighted by atomic mass is 15.0. The molecule has 0 spiro atoms. The Labute approximate surface area is 317 Å². The predicted molar refractivity (Wildman–Crippen MR) is 228 cm³/mol. The van der Waals surface area contributed by atoms with E-state index in [1.807, 2.05) is 18.3 Å². The van der Waals surface area contributed by atoms with Crippen molar-refractivity contribution in [3.8, 4) is 50.7 Å². The molecule has 0 radical (unpaired) electrons. The van der Waals surface area contributed by atoms with Gasteiger partial charge in [0.15, 0.2) is 0 Å². The van der Waals surface area contributed by atoms with Crippen molar-refractivity contribution in [3.05, 3.63) is 194 Å². The van der Waals surface area contributed by atoms with Crippen LogP contribution in [0.2, 0.25) is 0 Å². The third-order valence-electron chi connectivity index (χ3n) is 10.8. The minimum Gasteiger partial charge on any atom is -0.294 e. The highest BCUT2D eigenvalue weighted by Gasteiger charge is 2.18. The van der Waals surface area contributed by atoms with Crippen LogP contribution in [0.15, 0.2) is 194 Å². The van der Waals surface area contributed by atoms with Crippen molar-refractivity contribution in [1.82, 2.24) is 19.5 Å². The van der Waals surface area contributed by atoms with Gasteiger partial charge in [-0.2, -0.15) is 0 Å². The number of fused-ring (bicyclic) bond motifs is 6. The average Bonchev–Trinajstić information content (AvgIpc) is 3.60. The minimum absolute atomic E-state index is 0.830. The molecule has 0 unspecified atom stereocenters. The molecule has 0 saturated heterocycles. The summed E-state index contributed by atoms with van der Waals surface area (Å²) in [6, 6.07) is 66.5. The van der Waals surface area contributed by atoms with Gasteiger partial charge in [0.1, 0.15) is 5.65 Å². The molecule has 11 rings (SSSR count). The molecule has 55 heavy (non-hydrogen) atoms. The van der Waals surface area contributed by atoms with E-state index in [9.17, 15) is 0 Å². The molecule has 4 heteroatoms. The lowest BCUT2D eigenvalue weighted by atomic mass is 9.86. The van der Waals surface area contributed by atoms with E-state index in [-0.39, 0.29) is 0 Å². The molecule has 0 amide bonds. The number of pyridine rings is 3. The molecule has 11 aromatic rings. The van der Waals surface area contributed by atoms with Crippen molar-refractivity contribution in [1.29, 1.82) is 0 Å². The zero-order valence-corrected chi connectivity index (χ0v) is 29.8. The van der Waals surface area contributed by atoms with Crippen LogP contribution < -0.4 is 0 Å². The van der Waals surface area contributed by atoms with Gasteiger partial charge in [-0.05, 0) is 104 Å². The van der Waals surface area contributed by atoms with Crippen LogP contribution >= 0.6 is 0 Å². The molecule has 4 heterocycles. The van der Waals surface area contributed by atoms with Crippen molar-refractivity contribution >= 4 is 54.3 Å². The first kappa shape index (κ1) is 31.1. The molecule has 0 saturated carbocycles. The zero-order valence-electron chi connectivity index (χ0n) is 29.8. The maximum Gasteiger partial charge on any atom is 0.145 e. The summed E-state index contributed by atoms with van der Waals surface area (Å²) in [5, 5.41) is 9.58. The number of nitrogens with zero attached hydrogens (tertiary/aromatic N) is 4. The molecule has 256 valence electrons. The molecular weight excluding hydrogens is 669 g/mol. The Kier molecular flexibility index (Phi) is 7.14. The van der Waals surface area contributed by atoms with Crippen LogP contribution in [0.1, 0.15) is 0 Å². The Bertz CT molecular complexity index is 3160. The predicted octanol–water partition coefficient (Wildman–Crippen LogP) is 13.1. The second-order valence-corrected chi connectivity index (χ2v) is 14.0. The third kappa shape index (κ3) is 5.11. The zero-order chi connectivity index (χ0) is 36.3. The van der Waals surface area contributed by atoms with E-state index in [0.29, 0.717) is 0 Å². The van der Waals surface area contributed by atoms with Crippen molar-refractivity contribution in [2.45, 2.75) is 0 Å². The lowest BCUT2D eigenvalue weighted by Gasteiger charge is -2.18. The Balaban J connectivity index is 1.00. The van der Waals surface area contributed by atoms with Crippen LogP contribution in [0, 0.1) is 0 Å². The van der Waals surface area contributed by atoms with Gasteiger partial charge in [-0.3, -0.25) is 4.57 Å². The average molecular weight is 701 g/mol. The molecule has 4 nitrogen and oxygen atoms in total. The van der Waals surface area contributed by atoms with Crippen molar-refractivity contribution in [2.75, 3.05) is 0 Å². The summed E-state index contributed by atoms with van der Waals surface area (Å²) >= 11 is 0. The summed E-state index contributed by atoms with van der Waals surface area (Å²) in [6.45, 7) is 0. The molecule has 0 bridgehead atoms. The normalized spacial score (nSPS) is 11.6. The molecule has 0 aliphatic heterocycles. The summed E-state index contributed by atoms with van der Waals surface area (Å²) < 4.78 is 2.23. The lowest BCUT2D eigenvalue weighted by Crippen LogP contribution is -1.96. The fourth-order valence-corrected chi connectivity index (χ4v) is 8.35. The SMILES string of the molecule is c1cc(-c2ccc(-n3c4ccccc4c4cccnc43)cc2)nc(-c2cccc(-c3c4ccccc4c(-c4ccc5ccccc5c4)c4ccccc34)n2)c1. The summed E-state index contributed by atoms with van der Waals surface area (Å²) in [7, 11) is 0. The summed E-state index contributed by atoms with van der Waals surface area (Å²) in [4.78, 5) is 15.2. The van der Waals surface area contributed by atoms with Gasteiger partial charge >= 0.3 is 0 Å². The first-order valence-corrected chi connectivity index (χ1v) is 18.6. The number of rotatable bonds is 5. The van der Waals surface area contributed by atoms with Crippen molar-refractivity contribution in [3.63, 3.8) is 0 Å². The van der Waals surface area contributed by atoms with Crippen LogP contribution in [-0.4, -0.2) is 19.5 Å². The van der Waals surface area contributed by atoms with Gasteiger partial charge in [0, 0.05) is 33.8 Å². The minimum atomic E-state index is 0.830. The van der Waals surface area contributed by atoms with E-state index >= 15 is 0 Å². The first-order valence-electron chi connectivity index (χ1n) is 18.6. The van der Waals surface area contributed by atoms with Gasteiger partial charge in [0.25, 0.3) is 0 Å². The van der Waals surface area contributed by atoms with Gasteiger partial charge in [-0.15, -0.1) is 0 Å². The maximum absolute atomic E-state index is 5.32. The molecule has 7 aromatic carbocycles. The van der Waals surface area contributed by atoms with Gasteiger partial charge in [0.2, 0.25) is 0 Å². The van der Waals surface area contributed by atoms with E-state index in [0.717, 1.165) is 56.1 Å². The summed E-state index contributed by atoms with van der Waals surface area (Å²) in [5.41, 5.74) is 11.2. The van der Waals surface area contributed by atoms with E-state index in [4.69, 9.17) is 15.0 Å². The quantitative estimate of drug-likeness (QED) is 0.168. The fraction of sp³-hybridized carbons (Fsp3) is 0. The second kappa shape index (κ2) is 12.6. The molecule has 4 aromatic heterocycles. The number of benzene rings is 7. The molecule has 0 atom stereocenters. The van der Waals surface area contributed by atoms with Crippen LogP contribution in [0.4, 0.5) is 0 Å². The van der Waals surface area contributed by atoms with Crippen LogP contribution in [0.3, 0.4) is 0 Å². The third-order valence-corrected chi connectivity index (χ3v) is 10.8. The van der Waals surface area contributed by atoms with Gasteiger partial charge < -0.3 is 0 Å². The van der Waals surface area contributed by atoms with E-state index in [1.165, 1.54) is 48.8 Å². The first-order chi connectivity index (χ1) is 27.3. The Morgan fingerprint density at radius 1 is 0.345 bits per heavy atom. The standard InChI is InChI=1S/C51H32N4/c1-2-13-35-32-36(26-25-33(35)12-1)49-39-15-3-5-17-41(39)50(42-18-6-4-16-40(42)49)47-23-10-22-46(54-47)45-21-9-20-44(53-45)34-27-29-37(30-28-34)55-48-24-8-7-14-38(48)43-19-11-31-52-51(43)55/h1-32H. The number of hydrogen-bond donors (Lipinski definition) is 0. The summed E-state index contributed by atoms with van der Waals surface area (Å²) in [6.07, 6.45) is 1.86. The Morgan fingerprint density at radius 3 is 1.62 bits per heavy atom. The van der Waals surface area contributed by atoms with E-state index < -0.39 is 0 Å². The van der Waals surface area contributed by atoms with Gasteiger partial charge in [-0.25, -0.2) is 15.0 Å². The maximum atomic E-state index is 5.32. The largest absolute Gasteiger partial charge is 0.294 e. The Hall–Kier alpha value is -7.43. The number of aromatic nitrogens is 4. The van der Waals surface area contributed by atoms with Crippen molar-refractivity contribution < 1.29 is 0 Å². The smallest absolute Gasteiger partial charge is 0.145 e. The second-order valence-electron chi connectivity index (χ2n) is 14.0. The molecular formula is C51H32N4. The monoisotopic (exact) mass is 700 g/mol. The van der Waals surface area contributed by atoms with Crippen LogP contribution in [0.5, 0.6) is 0 Å². The Morgan fingerprint density at radius 2 is 0.891 bits per heavy atom. The lowest BCUT2D eigenvalue weighted by molar-refractivity contribution is 1.13. The van der Waals surface area contributed by atoms with E-state index in [1.54, 1.807) is 0 Å². The topological polar surface area (TPSA) is 43.6 Å². The van der Waals surface area contributed by atoms with Crippen LogP contribution in [-0.2, 0) is 0 Å². The molecule has 0 aliphatic carbocycles. The van der Waals surface area contributed by atoms with Crippen molar-refractivity contribution in [2.24, 2.45) is 0 Å². The van der Waals surface area contributed by atoms with E-state index in [2.05, 4.69) is 180 Å². The number of para-hydroxylation sites is 1.